The average Bonchev–Trinajstić information content (AvgIpc) is 2.77. The first-order chi connectivity index (χ1) is 8.61. The van der Waals surface area contributed by atoms with Crippen LogP contribution in [0.25, 0.3) is 0 Å². The minimum absolute atomic E-state index is 0.203. The SMILES string of the molecule is CC(CCNC1CCOC2(CCCC2)C1)S(C)=O. The van der Waals surface area contributed by atoms with Crippen molar-refractivity contribution in [2.45, 2.75) is 68.8 Å². The Morgan fingerprint density at radius 3 is 2.83 bits per heavy atom. The van der Waals surface area contributed by atoms with Crippen LogP contribution in [-0.4, -0.2) is 40.5 Å². The summed E-state index contributed by atoms with van der Waals surface area (Å²) >= 11 is 0. The van der Waals surface area contributed by atoms with Gasteiger partial charge in [0.25, 0.3) is 0 Å². The zero-order chi connectivity index (χ0) is 13.0. The van der Waals surface area contributed by atoms with E-state index in [0.717, 1.165) is 26.0 Å². The molecule has 1 saturated heterocycles. The lowest BCUT2D eigenvalue weighted by molar-refractivity contribution is -0.0835. The van der Waals surface area contributed by atoms with E-state index >= 15 is 0 Å². The molecule has 2 aliphatic rings. The molecule has 2 rings (SSSR count). The molecule has 3 nitrogen and oxygen atoms in total. The lowest BCUT2D eigenvalue weighted by Gasteiger charge is -2.38. The first-order valence-electron chi connectivity index (χ1n) is 7.31. The molecule has 1 spiro atoms. The van der Waals surface area contributed by atoms with E-state index in [-0.39, 0.29) is 5.60 Å². The highest BCUT2D eigenvalue weighted by molar-refractivity contribution is 7.84. The van der Waals surface area contributed by atoms with E-state index in [4.69, 9.17) is 4.74 Å². The molecule has 1 aliphatic carbocycles. The Morgan fingerprint density at radius 1 is 1.44 bits per heavy atom. The molecule has 1 aliphatic heterocycles. The van der Waals surface area contributed by atoms with Crippen molar-refractivity contribution in [1.29, 1.82) is 0 Å². The minimum atomic E-state index is -0.690. The zero-order valence-electron chi connectivity index (χ0n) is 11.7. The molecule has 18 heavy (non-hydrogen) atoms. The van der Waals surface area contributed by atoms with Gasteiger partial charge < -0.3 is 10.1 Å². The molecule has 1 N–H and O–H groups in total. The van der Waals surface area contributed by atoms with E-state index in [1.54, 1.807) is 6.26 Å². The lowest BCUT2D eigenvalue weighted by atomic mass is 9.89. The normalized spacial score (nSPS) is 30.4. The van der Waals surface area contributed by atoms with Crippen LogP contribution < -0.4 is 5.32 Å². The van der Waals surface area contributed by atoms with Gasteiger partial charge in [0.05, 0.1) is 5.60 Å². The third-order valence-electron chi connectivity index (χ3n) is 4.56. The first kappa shape index (κ1) is 14.5. The predicted molar refractivity (Wildman–Crippen MR) is 76.3 cm³/mol. The Bertz CT molecular complexity index is 290. The summed E-state index contributed by atoms with van der Waals surface area (Å²) in [4.78, 5) is 0. The van der Waals surface area contributed by atoms with Gasteiger partial charge in [-0.15, -0.1) is 0 Å². The van der Waals surface area contributed by atoms with Crippen LogP contribution in [0.3, 0.4) is 0 Å². The summed E-state index contributed by atoms with van der Waals surface area (Å²) in [5.74, 6) is 0. The Hall–Kier alpha value is 0.0700. The Kier molecular flexibility index (Phi) is 5.22. The van der Waals surface area contributed by atoms with Crippen LogP contribution in [0, 0.1) is 0 Å². The van der Waals surface area contributed by atoms with E-state index in [2.05, 4.69) is 12.2 Å². The molecular formula is C14H27NO2S. The van der Waals surface area contributed by atoms with Crippen molar-refractivity contribution in [2.24, 2.45) is 0 Å². The summed E-state index contributed by atoms with van der Waals surface area (Å²) in [5.41, 5.74) is 0.203. The Labute approximate surface area is 114 Å². The number of ether oxygens (including phenoxy) is 1. The van der Waals surface area contributed by atoms with E-state index in [1.807, 2.05) is 0 Å². The third kappa shape index (κ3) is 3.78. The van der Waals surface area contributed by atoms with Crippen molar-refractivity contribution in [3.63, 3.8) is 0 Å². The van der Waals surface area contributed by atoms with Crippen molar-refractivity contribution in [3.05, 3.63) is 0 Å². The molecule has 0 aromatic carbocycles. The summed E-state index contributed by atoms with van der Waals surface area (Å²) in [6.07, 6.45) is 10.3. The van der Waals surface area contributed by atoms with Crippen molar-refractivity contribution >= 4 is 10.8 Å². The zero-order valence-corrected chi connectivity index (χ0v) is 12.6. The second-order valence-electron chi connectivity index (χ2n) is 5.98. The number of hydrogen-bond donors (Lipinski definition) is 1. The van der Waals surface area contributed by atoms with E-state index < -0.39 is 10.8 Å². The van der Waals surface area contributed by atoms with Crippen molar-refractivity contribution in [1.82, 2.24) is 5.32 Å². The molecule has 0 aromatic rings. The Balaban J connectivity index is 1.71. The highest BCUT2D eigenvalue weighted by Gasteiger charge is 2.39. The molecule has 1 saturated carbocycles. The molecule has 4 heteroatoms. The van der Waals surface area contributed by atoms with Crippen LogP contribution in [0.2, 0.25) is 0 Å². The summed E-state index contributed by atoms with van der Waals surface area (Å²) in [6, 6.07) is 0.606. The van der Waals surface area contributed by atoms with E-state index in [9.17, 15) is 4.21 Å². The van der Waals surface area contributed by atoms with Gasteiger partial charge >= 0.3 is 0 Å². The maximum atomic E-state index is 11.3. The summed E-state index contributed by atoms with van der Waals surface area (Å²) < 4.78 is 17.3. The maximum absolute atomic E-state index is 11.3. The topological polar surface area (TPSA) is 38.3 Å². The second kappa shape index (κ2) is 6.49. The smallest absolute Gasteiger partial charge is 0.0697 e. The standard InChI is InChI=1S/C14H27NO2S/c1-12(18(2)16)5-9-15-13-6-10-17-14(11-13)7-3-4-8-14/h12-13,15H,3-11H2,1-2H3. The lowest BCUT2D eigenvalue weighted by Crippen LogP contribution is -2.46. The summed E-state index contributed by atoms with van der Waals surface area (Å²) in [7, 11) is -0.690. The van der Waals surface area contributed by atoms with Crippen LogP contribution in [0.1, 0.15) is 51.9 Å². The monoisotopic (exact) mass is 273 g/mol. The van der Waals surface area contributed by atoms with E-state index in [1.165, 1.54) is 32.1 Å². The van der Waals surface area contributed by atoms with Crippen LogP contribution in [-0.2, 0) is 15.5 Å². The minimum Gasteiger partial charge on any atom is -0.375 e. The summed E-state index contributed by atoms with van der Waals surface area (Å²) in [6.45, 7) is 3.97. The Morgan fingerprint density at radius 2 is 2.17 bits per heavy atom. The number of rotatable bonds is 5. The molecule has 3 atom stereocenters. The van der Waals surface area contributed by atoms with Crippen molar-refractivity contribution < 1.29 is 8.95 Å². The van der Waals surface area contributed by atoms with Gasteiger partial charge in [-0.1, -0.05) is 19.8 Å². The van der Waals surface area contributed by atoms with Gasteiger partial charge in [0.15, 0.2) is 0 Å². The van der Waals surface area contributed by atoms with Crippen molar-refractivity contribution in [3.8, 4) is 0 Å². The molecule has 2 fully saturated rings. The predicted octanol–water partition coefficient (Wildman–Crippen LogP) is 2.22. The molecule has 0 amide bonds. The van der Waals surface area contributed by atoms with Crippen LogP contribution >= 0.6 is 0 Å². The number of nitrogens with one attached hydrogen (secondary N) is 1. The van der Waals surface area contributed by atoms with E-state index in [0.29, 0.717) is 11.3 Å². The van der Waals surface area contributed by atoms with Gasteiger partial charge in [0.1, 0.15) is 0 Å². The summed E-state index contributed by atoms with van der Waals surface area (Å²) in [5, 5.41) is 3.95. The molecule has 0 radical (unpaired) electrons. The van der Waals surface area contributed by atoms with Crippen LogP contribution in [0.4, 0.5) is 0 Å². The number of hydrogen-bond acceptors (Lipinski definition) is 3. The third-order valence-corrected chi connectivity index (χ3v) is 5.93. The van der Waals surface area contributed by atoms with Gasteiger partial charge in [-0.2, -0.15) is 0 Å². The quantitative estimate of drug-likeness (QED) is 0.835. The highest BCUT2D eigenvalue weighted by atomic mass is 32.2. The van der Waals surface area contributed by atoms with Gasteiger partial charge in [-0.3, -0.25) is 4.21 Å². The largest absolute Gasteiger partial charge is 0.375 e. The van der Waals surface area contributed by atoms with Gasteiger partial charge in [0.2, 0.25) is 0 Å². The molecule has 106 valence electrons. The molecule has 0 bridgehead atoms. The van der Waals surface area contributed by atoms with Gasteiger partial charge in [0, 0.05) is 35.0 Å². The average molecular weight is 273 g/mol. The van der Waals surface area contributed by atoms with Crippen LogP contribution in [0.5, 0.6) is 0 Å². The van der Waals surface area contributed by atoms with Crippen molar-refractivity contribution in [2.75, 3.05) is 19.4 Å². The maximum Gasteiger partial charge on any atom is 0.0697 e. The highest BCUT2D eigenvalue weighted by Crippen LogP contribution is 2.39. The molecule has 3 unspecified atom stereocenters. The molecular weight excluding hydrogens is 246 g/mol. The molecule has 1 heterocycles. The van der Waals surface area contributed by atoms with Gasteiger partial charge in [-0.25, -0.2) is 0 Å². The fourth-order valence-corrected chi connectivity index (χ4v) is 3.68. The second-order valence-corrected chi connectivity index (χ2v) is 7.78. The fraction of sp³-hybridized carbons (Fsp3) is 1.00. The molecule has 0 aromatic heterocycles. The first-order valence-corrected chi connectivity index (χ1v) is 8.93. The van der Waals surface area contributed by atoms with Gasteiger partial charge in [-0.05, 0) is 38.6 Å². The fourth-order valence-electron chi connectivity index (χ4n) is 3.23. The van der Waals surface area contributed by atoms with Crippen LogP contribution in [0.15, 0.2) is 0 Å².